The van der Waals surface area contributed by atoms with Crippen LogP contribution in [0.25, 0.3) is 0 Å². The van der Waals surface area contributed by atoms with Crippen molar-refractivity contribution in [1.82, 2.24) is 19.9 Å². The van der Waals surface area contributed by atoms with E-state index in [4.69, 9.17) is 0 Å². The van der Waals surface area contributed by atoms with Crippen molar-refractivity contribution in [2.45, 2.75) is 25.3 Å². The summed E-state index contributed by atoms with van der Waals surface area (Å²) in [6.45, 7) is 2.30. The minimum absolute atomic E-state index is 0.103. The van der Waals surface area contributed by atoms with E-state index < -0.39 is 11.3 Å². The second-order valence-electron chi connectivity index (χ2n) is 7.00. The molecule has 0 aromatic carbocycles. The summed E-state index contributed by atoms with van der Waals surface area (Å²) >= 11 is 0. The van der Waals surface area contributed by atoms with Gasteiger partial charge in [-0.15, -0.1) is 0 Å². The van der Waals surface area contributed by atoms with Crippen molar-refractivity contribution in [2.75, 3.05) is 31.1 Å². The molecule has 2 aromatic rings. The van der Waals surface area contributed by atoms with Crippen molar-refractivity contribution < 1.29 is 8.78 Å². The third-order valence-corrected chi connectivity index (χ3v) is 5.38. The van der Waals surface area contributed by atoms with Crippen molar-refractivity contribution in [3.05, 3.63) is 48.7 Å². The van der Waals surface area contributed by atoms with E-state index in [2.05, 4.69) is 19.9 Å². The molecule has 0 bridgehead atoms. The van der Waals surface area contributed by atoms with Gasteiger partial charge in [0.25, 0.3) is 5.92 Å². The molecule has 2 aliphatic rings. The van der Waals surface area contributed by atoms with Gasteiger partial charge in [-0.2, -0.15) is 0 Å². The van der Waals surface area contributed by atoms with Gasteiger partial charge in [0.05, 0.1) is 17.3 Å². The van der Waals surface area contributed by atoms with E-state index in [9.17, 15) is 8.78 Å². The highest BCUT2D eigenvalue weighted by Crippen LogP contribution is 2.50. The molecule has 0 radical (unpaired) electrons. The molecular weight excluding hydrogens is 324 g/mol. The number of rotatable bonds is 3. The molecule has 1 spiro atoms. The molecule has 1 atom stereocenters. The summed E-state index contributed by atoms with van der Waals surface area (Å²) in [7, 11) is 0. The van der Waals surface area contributed by atoms with Crippen molar-refractivity contribution in [1.29, 1.82) is 0 Å². The highest BCUT2D eigenvalue weighted by Gasteiger charge is 2.59. The Bertz CT molecular complexity index is 712. The summed E-state index contributed by atoms with van der Waals surface area (Å²) in [6, 6.07) is 5.74. The monoisotopic (exact) mass is 345 g/mol. The Morgan fingerprint density at radius 1 is 1.00 bits per heavy atom. The summed E-state index contributed by atoms with van der Waals surface area (Å²) in [5, 5.41) is 0. The van der Waals surface area contributed by atoms with Gasteiger partial charge < -0.3 is 4.90 Å². The molecule has 2 fully saturated rings. The first kappa shape index (κ1) is 16.3. The molecule has 0 unspecified atom stereocenters. The lowest BCUT2D eigenvalue weighted by Crippen LogP contribution is -2.56. The minimum atomic E-state index is -2.66. The number of hydrogen-bond acceptors (Lipinski definition) is 5. The molecule has 25 heavy (non-hydrogen) atoms. The minimum Gasteiger partial charge on any atom is -0.354 e. The molecule has 0 saturated carbocycles. The maximum Gasteiger partial charge on any atom is 0.257 e. The van der Waals surface area contributed by atoms with Crippen LogP contribution in [0.5, 0.6) is 0 Å². The van der Waals surface area contributed by atoms with E-state index in [1.54, 1.807) is 24.8 Å². The molecule has 7 heteroatoms. The topological polar surface area (TPSA) is 45.2 Å². The quantitative estimate of drug-likeness (QED) is 0.856. The summed E-state index contributed by atoms with van der Waals surface area (Å²) in [5.74, 6) is -1.98. The first-order chi connectivity index (χ1) is 12.1. The molecule has 132 valence electrons. The molecular formula is C18H21F2N5. The van der Waals surface area contributed by atoms with E-state index >= 15 is 0 Å². The van der Waals surface area contributed by atoms with Crippen molar-refractivity contribution in [3.63, 3.8) is 0 Å². The Labute approximate surface area is 145 Å². The second-order valence-corrected chi connectivity index (χ2v) is 7.00. The Balaban J connectivity index is 1.52. The number of nitrogens with zero attached hydrogens (tertiary/aromatic N) is 5. The van der Waals surface area contributed by atoms with Gasteiger partial charge in [-0.1, -0.05) is 6.07 Å². The fourth-order valence-corrected chi connectivity index (χ4v) is 3.99. The summed E-state index contributed by atoms with van der Waals surface area (Å²) in [5.41, 5.74) is -0.107. The summed E-state index contributed by atoms with van der Waals surface area (Å²) in [4.78, 5) is 16.7. The Kier molecular flexibility index (Phi) is 4.11. The van der Waals surface area contributed by atoms with Gasteiger partial charge in [-0.05, 0) is 18.6 Å². The van der Waals surface area contributed by atoms with E-state index in [0.29, 0.717) is 45.0 Å². The number of hydrogen-bond donors (Lipinski definition) is 0. The van der Waals surface area contributed by atoms with E-state index in [1.165, 1.54) is 0 Å². The molecule has 0 N–H and O–H groups in total. The van der Waals surface area contributed by atoms with Crippen LogP contribution >= 0.6 is 0 Å². The lowest BCUT2D eigenvalue weighted by atomic mass is 9.75. The predicted octanol–water partition coefficient (Wildman–Crippen LogP) is 2.61. The van der Waals surface area contributed by atoms with Gasteiger partial charge in [-0.25, -0.2) is 13.8 Å². The second kappa shape index (κ2) is 6.29. The van der Waals surface area contributed by atoms with Gasteiger partial charge >= 0.3 is 0 Å². The Morgan fingerprint density at radius 2 is 1.92 bits per heavy atom. The van der Waals surface area contributed by atoms with Gasteiger partial charge in [0.2, 0.25) is 0 Å². The number of likely N-dealkylation sites (tertiary alicyclic amines) is 1. The van der Waals surface area contributed by atoms with E-state index in [0.717, 1.165) is 5.69 Å². The third-order valence-electron chi connectivity index (χ3n) is 5.38. The smallest absolute Gasteiger partial charge is 0.257 e. The van der Waals surface area contributed by atoms with Crippen molar-refractivity contribution in [2.24, 2.45) is 5.41 Å². The van der Waals surface area contributed by atoms with E-state index in [1.807, 2.05) is 23.1 Å². The standard InChI is InChI=1S/C18H21F2N5/c19-18(20)5-9-24(12-15-3-1-2-6-22-15)13-17(18)4-10-25(14-17)16-11-21-7-8-23-16/h1-3,6-8,11H,4-5,9-10,12-14H2/t17-/m1/s1. The van der Waals surface area contributed by atoms with Crippen LogP contribution in [0.4, 0.5) is 14.6 Å². The molecule has 2 saturated heterocycles. The van der Waals surface area contributed by atoms with Crippen LogP contribution < -0.4 is 4.90 Å². The lowest BCUT2D eigenvalue weighted by Gasteiger charge is -2.45. The predicted molar refractivity (Wildman–Crippen MR) is 90.4 cm³/mol. The van der Waals surface area contributed by atoms with Crippen LogP contribution in [0.1, 0.15) is 18.5 Å². The molecule has 5 nitrogen and oxygen atoms in total. The van der Waals surface area contributed by atoms with Crippen LogP contribution in [-0.2, 0) is 6.54 Å². The average molecular weight is 345 g/mol. The van der Waals surface area contributed by atoms with Gasteiger partial charge in [0, 0.05) is 57.7 Å². The first-order valence-electron chi connectivity index (χ1n) is 8.59. The number of anilines is 1. The Hall–Kier alpha value is -2.15. The SMILES string of the molecule is FC1(F)CCN(Cc2ccccn2)C[C@@]12CCN(c1cnccn1)C2. The van der Waals surface area contributed by atoms with E-state index in [-0.39, 0.29) is 6.42 Å². The largest absolute Gasteiger partial charge is 0.354 e. The summed E-state index contributed by atoms with van der Waals surface area (Å²) < 4.78 is 29.7. The molecule has 2 aromatic heterocycles. The fraction of sp³-hybridized carbons (Fsp3) is 0.500. The van der Waals surface area contributed by atoms with Crippen LogP contribution in [-0.4, -0.2) is 52.0 Å². The number of piperidine rings is 1. The van der Waals surface area contributed by atoms with Crippen LogP contribution in [0.2, 0.25) is 0 Å². The number of pyridine rings is 1. The number of alkyl halides is 2. The maximum absolute atomic E-state index is 14.9. The Morgan fingerprint density at radius 3 is 2.68 bits per heavy atom. The summed E-state index contributed by atoms with van der Waals surface area (Å²) in [6.07, 6.45) is 6.95. The number of halogens is 2. The van der Waals surface area contributed by atoms with Crippen molar-refractivity contribution in [3.8, 4) is 0 Å². The van der Waals surface area contributed by atoms with Crippen LogP contribution in [0, 0.1) is 5.41 Å². The zero-order valence-electron chi connectivity index (χ0n) is 14.0. The van der Waals surface area contributed by atoms with Crippen molar-refractivity contribution >= 4 is 5.82 Å². The fourth-order valence-electron chi connectivity index (χ4n) is 3.99. The molecule has 4 heterocycles. The highest BCUT2D eigenvalue weighted by atomic mass is 19.3. The first-order valence-corrected chi connectivity index (χ1v) is 8.59. The van der Waals surface area contributed by atoms with Gasteiger partial charge in [0.15, 0.2) is 0 Å². The maximum atomic E-state index is 14.9. The van der Waals surface area contributed by atoms with Gasteiger partial charge in [-0.3, -0.25) is 14.9 Å². The average Bonchev–Trinajstić information content (AvgIpc) is 3.06. The molecule has 0 aliphatic carbocycles. The molecule has 4 rings (SSSR count). The van der Waals surface area contributed by atoms with Crippen LogP contribution in [0.3, 0.4) is 0 Å². The zero-order chi connectivity index (χ0) is 17.3. The molecule has 0 amide bonds. The molecule has 2 aliphatic heterocycles. The zero-order valence-corrected chi connectivity index (χ0v) is 14.0. The highest BCUT2D eigenvalue weighted by molar-refractivity contribution is 5.38. The van der Waals surface area contributed by atoms with Crippen LogP contribution in [0.15, 0.2) is 43.0 Å². The van der Waals surface area contributed by atoms with Gasteiger partial charge in [0.1, 0.15) is 5.82 Å². The normalized spacial score (nSPS) is 26.2. The number of aromatic nitrogens is 3. The third kappa shape index (κ3) is 3.08. The lowest BCUT2D eigenvalue weighted by molar-refractivity contribution is -0.159.